The monoisotopic (exact) mass is 345 g/mol. The zero-order valence-corrected chi connectivity index (χ0v) is 11.5. The molecule has 0 radical (unpaired) electrons. The second-order valence-corrected chi connectivity index (χ2v) is 5.21. The van der Waals surface area contributed by atoms with Gasteiger partial charge in [-0.2, -0.15) is 0 Å². The summed E-state index contributed by atoms with van der Waals surface area (Å²) in [6.45, 7) is 0.689. The van der Waals surface area contributed by atoms with E-state index in [1.165, 1.54) is 6.20 Å². The molecule has 1 aromatic rings. The molecule has 90 valence electrons. The van der Waals surface area contributed by atoms with Crippen LogP contribution in [0.25, 0.3) is 0 Å². The summed E-state index contributed by atoms with van der Waals surface area (Å²) in [7, 11) is 1.74. The van der Waals surface area contributed by atoms with E-state index >= 15 is 0 Å². The number of amides is 2. The minimum absolute atomic E-state index is 0.0306. The first kappa shape index (κ1) is 12.3. The summed E-state index contributed by atoms with van der Waals surface area (Å²) in [4.78, 5) is 29.1. The van der Waals surface area contributed by atoms with E-state index in [4.69, 9.17) is 0 Å². The van der Waals surface area contributed by atoms with Gasteiger partial charge in [0.15, 0.2) is 0 Å². The molecule has 2 amide bonds. The third-order valence-corrected chi connectivity index (χ3v) is 3.29. The van der Waals surface area contributed by atoms with Gasteiger partial charge in [0.25, 0.3) is 5.91 Å². The molecular formula is C11H12IN3O2. The van der Waals surface area contributed by atoms with Crippen molar-refractivity contribution >= 4 is 34.4 Å². The topological polar surface area (TPSA) is 62.3 Å². The Bertz CT molecular complexity index is 464. The van der Waals surface area contributed by atoms with Crippen molar-refractivity contribution in [3.05, 3.63) is 27.6 Å². The fourth-order valence-electron chi connectivity index (χ4n) is 1.73. The summed E-state index contributed by atoms with van der Waals surface area (Å²) in [5, 5.41) is 2.73. The highest BCUT2D eigenvalue weighted by molar-refractivity contribution is 14.1. The van der Waals surface area contributed by atoms with E-state index in [1.807, 2.05) is 0 Å². The van der Waals surface area contributed by atoms with Crippen LogP contribution >= 0.6 is 22.6 Å². The second kappa shape index (κ2) is 4.99. The van der Waals surface area contributed by atoms with Gasteiger partial charge in [-0.1, -0.05) is 0 Å². The van der Waals surface area contributed by atoms with Crippen molar-refractivity contribution < 1.29 is 9.59 Å². The Balaban J connectivity index is 2.05. The van der Waals surface area contributed by atoms with E-state index in [2.05, 4.69) is 32.9 Å². The smallest absolute Gasteiger partial charge is 0.253 e. The van der Waals surface area contributed by atoms with Crippen LogP contribution in [-0.4, -0.2) is 41.3 Å². The highest BCUT2D eigenvalue weighted by atomic mass is 127. The van der Waals surface area contributed by atoms with Crippen molar-refractivity contribution in [3.8, 4) is 0 Å². The number of hydrogen-bond donors (Lipinski definition) is 1. The number of rotatable bonds is 2. The maximum absolute atomic E-state index is 11.9. The summed E-state index contributed by atoms with van der Waals surface area (Å²) < 4.78 is 0.894. The summed E-state index contributed by atoms with van der Waals surface area (Å²) in [6.07, 6.45) is 3.84. The first-order valence-electron chi connectivity index (χ1n) is 5.24. The van der Waals surface area contributed by atoms with E-state index in [-0.39, 0.29) is 11.8 Å². The predicted molar refractivity (Wildman–Crippen MR) is 70.5 cm³/mol. The highest BCUT2D eigenvalue weighted by Crippen LogP contribution is 2.10. The average molecular weight is 345 g/mol. The molecule has 0 saturated carbocycles. The summed E-state index contributed by atoms with van der Waals surface area (Å²) in [5.74, 6) is -0.276. The lowest BCUT2D eigenvalue weighted by Crippen LogP contribution is -2.40. The number of aromatic nitrogens is 1. The summed E-state index contributed by atoms with van der Waals surface area (Å²) in [6, 6.07) is 1.34. The summed E-state index contributed by atoms with van der Waals surface area (Å²) in [5.41, 5.74) is 0.485. The maximum atomic E-state index is 11.9. The number of carbonyl (C=O) groups is 2. The van der Waals surface area contributed by atoms with Crippen LogP contribution in [0.5, 0.6) is 0 Å². The SMILES string of the molecule is CN1CC[C@@H](NC(=O)c2cncc(I)c2)C1=O. The van der Waals surface area contributed by atoms with E-state index in [0.29, 0.717) is 18.5 Å². The fraction of sp³-hybridized carbons (Fsp3) is 0.364. The molecule has 6 heteroatoms. The average Bonchev–Trinajstić information content (AvgIpc) is 2.61. The number of nitrogens with one attached hydrogen (secondary N) is 1. The van der Waals surface area contributed by atoms with Gasteiger partial charge in [-0.05, 0) is 35.1 Å². The number of halogens is 1. The Labute approximate surface area is 113 Å². The molecule has 1 fully saturated rings. The van der Waals surface area contributed by atoms with Crippen LogP contribution in [0.3, 0.4) is 0 Å². The van der Waals surface area contributed by atoms with Crippen molar-refractivity contribution in [1.29, 1.82) is 0 Å². The lowest BCUT2D eigenvalue weighted by atomic mass is 10.2. The van der Waals surface area contributed by atoms with E-state index in [1.54, 1.807) is 24.2 Å². The molecule has 0 spiro atoms. The third-order valence-electron chi connectivity index (χ3n) is 2.70. The van der Waals surface area contributed by atoms with E-state index in [9.17, 15) is 9.59 Å². The van der Waals surface area contributed by atoms with Gasteiger partial charge in [-0.25, -0.2) is 0 Å². The van der Waals surface area contributed by atoms with Crippen LogP contribution in [0.1, 0.15) is 16.8 Å². The number of carbonyl (C=O) groups excluding carboxylic acids is 2. The highest BCUT2D eigenvalue weighted by Gasteiger charge is 2.30. The van der Waals surface area contributed by atoms with Gasteiger partial charge in [0.05, 0.1) is 5.56 Å². The van der Waals surface area contributed by atoms with Gasteiger partial charge in [-0.15, -0.1) is 0 Å². The number of nitrogens with zero attached hydrogens (tertiary/aromatic N) is 2. The van der Waals surface area contributed by atoms with Crippen LogP contribution < -0.4 is 5.32 Å². The number of likely N-dealkylation sites (N-methyl/N-ethyl adjacent to an activating group) is 1. The lowest BCUT2D eigenvalue weighted by Gasteiger charge is -2.12. The van der Waals surface area contributed by atoms with Crippen LogP contribution in [0.4, 0.5) is 0 Å². The first-order chi connectivity index (χ1) is 8.08. The fourth-order valence-corrected chi connectivity index (χ4v) is 2.23. The van der Waals surface area contributed by atoms with Gasteiger partial charge in [-0.3, -0.25) is 14.6 Å². The van der Waals surface area contributed by atoms with Gasteiger partial charge in [0.2, 0.25) is 5.91 Å². The molecule has 0 aromatic carbocycles. The molecule has 0 aliphatic carbocycles. The number of hydrogen-bond acceptors (Lipinski definition) is 3. The zero-order chi connectivity index (χ0) is 12.4. The molecule has 2 rings (SSSR count). The predicted octanol–water partition coefficient (Wildman–Crippen LogP) is 0.647. The molecule has 17 heavy (non-hydrogen) atoms. The van der Waals surface area contributed by atoms with Crippen molar-refractivity contribution in [2.45, 2.75) is 12.5 Å². The lowest BCUT2D eigenvalue weighted by molar-refractivity contribution is -0.128. The molecule has 1 aromatic heterocycles. The van der Waals surface area contributed by atoms with E-state index < -0.39 is 6.04 Å². The standard InChI is InChI=1S/C11H12IN3O2/c1-15-3-2-9(11(15)17)14-10(16)7-4-8(12)6-13-5-7/h4-6,9H,2-3H2,1H3,(H,14,16)/t9-/m1/s1. The van der Waals surface area contributed by atoms with Crippen molar-refractivity contribution in [3.63, 3.8) is 0 Å². The van der Waals surface area contributed by atoms with Crippen molar-refractivity contribution in [2.24, 2.45) is 0 Å². The Kier molecular flexibility index (Phi) is 3.60. The van der Waals surface area contributed by atoms with Crippen molar-refractivity contribution in [1.82, 2.24) is 15.2 Å². The largest absolute Gasteiger partial charge is 0.344 e. The molecule has 1 saturated heterocycles. The number of likely N-dealkylation sites (tertiary alicyclic amines) is 1. The van der Waals surface area contributed by atoms with Gasteiger partial charge in [0.1, 0.15) is 6.04 Å². The normalized spacial score (nSPS) is 19.5. The Morgan fingerprint density at radius 3 is 2.94 bits per heavy atom. The molecule has 1 atom stereocenters. The first-order valence-corrected chi connectivity index (χ1v) is 6.32. The Morgan fingerprint density at radius 1 is 1.59 bits per heavy atom. The van der Waals surface area contributed by atoms with Gasteiger partial charge >= 0.3 is 0 Å². The van der Waals surface area contributed by atoms with Crippen LogP contribution in [0.15, 0.2) is 18.5 Å². The molecular weight excluding hydrogens is 333 g/mol. The van der Waals surface area contributed by atoms with Gasteiger partial charge < -0.3 is 10.2 Å². The quantitative estimate of drug-likeness (QED) is 0.801. The second-order valence-electron chi connectivity index (χ2n) is 3.97. The zero-order valence-electron chi connectivity index (χ0n) is 9.31. The third kappa shape index (κ3) is 2.74. The van der Waals surface area contributed by atoms with E-state index in [0.717, 1.165) is 3.57 Å². The molecule has 5 nitrogen and oxygen atoms in total. The Morgan fingerprint density at radius 2 is 2.35 bits per heavy atom. The van der Waals surface area contributed by atoms with Crippen LogP contribution in [0.2, 0.25) is 0 Å². The molecule has 1 aliphatic rings. The van der Waals surface area contributed by atoms with Crippen molar-refractivity contribution in [2.75, 3.05) is 13.6 Å². The minimum atomic E-state index is -0.398. The van der Waals surface area contributed by atoms with Gasteiger partial charge in [0, 0.05) is 29.6 Å². The maximum Gasteiger partial charge on any atom is 0.253 e. The molecule has 0 bridgehead atoms. The van der Waals surface area contributed by atoms with Crippen LogP contribution in [-0.2, 0) is 4.79 Å². The number of pyridine rings is 1. The molecule has 1 N–H and O–H groups in total. The van der Waals surface area contributed by atoms with Crippen LogP contribution in [0, 0.1) is 3.57 Å². The molecule has 2 heterocycles. The molecule has 1 aliphatic heterocycles. The summed E-state index contributed by atoms with van der Waals surface area (Å²) >= 11 is 2.09. The minimum Gasteiger partial charge on any atom is -0.344 e. The molecule has 0 unspecified atom stereocenters. The Hall–Kier alpha value is -1.18.